The lowest BCUT2D eigenvalue weighted by Crippen LogP contribution is -2.20. The second-order valence-electron chi connectivity index (χ2n) is 9.02. The minimum atomic E-state index is -0.396. The number of aromatic nitrogens is 2. The Bertz CT molecular complexity index is 2000. The molecule has 0 aliphatic carbocycles. The van der Waals surface area contributed by atoms with Gasteiger partial charge in [0.05, 0.1) is 17.1 Å². The average molecular weight is 611 g/mol. The summed E-state index contributed by atoms with van der Waals surface area (Å²) < 4.78 is 26.8. The molecule has 0 atom stereocenters. The van der Waals surface area contributed by atoms with Crippen molar-refractivity contribution in [2.45, 2.75) is 0 Å². The van der Waals surface area contributed by atoms with E-state index in [4.69, 9.17) is 14.1 Å². The van der Waals surface area contributed by atoms with Gasteiger partial charge >= 0.3 is 0 Å². The van der Waals surface area contributed by atoms with Crippen LogP contribution in [0.2, 0.25) is 0 Å². The number of nitrogens with zero attached hydrogens (tertiary/aromatic N) is 3. The van der Waals surface area contributed by atoms with Gasteiger partial charge in [-0.15, -0.1) is 0 Å². The van der Waals surface area contributed by atoms with Crippen molar-refractivity contribution in [3.05, 3.63) is 123 Å². The van der Waals surface area contributed by atoms with Crippen molar-refractivity contribution in [1.29, 1.82) is 0 Å². The molecule has 4 aromatic carbocycles. The van der Waals surface area contributed by atoms with Crippen molar-refractivity contribution >= 4 is 55.6 Å². The van der Waals surface area contributed by atoms with E-state index in [0.717, 1.165) is 9.86 Å². The third-order valence-electron chi connectivity index (χ3n) is 6.13. The molecular weight excluding hydrogens is 591 g/mol. The molecule has 0 spiro atoms. The molecule has 0 bridgehead atoms. The predicted octanol–water partition coefficient (Wildman–Crippen LogP) is 6.61. The lowest BCUT2D eigenvalue weighted by atomic mass is 10.2. The molecule has 41 heavy (non-hydrogen) atoms. The van der Waals surface area contributed by atoms with Crippen LogP contribution in [0.1, 0.15) is 5.56 Å². The summed E-state index contributed by atoms with van der Waals surface area (Å²) in [6.07, 6.45) is 1.51. The van der Waals surface area contributed by atoms with E-state index in [9.17, 15) is 14.0 Å². The van der Waals surface area contributed by atoms with E-state index in [1.165, 1.54) is 35.2 Å². The Kier molecular flexibility index (Phi) is 7.13. The minimum absolute atomic E-state index is 0.252. The van der Waals surface area contributed by atoms with Crippen LogP contribution in [0.5, 0.6) is 5.75 Å². The molecule has 0 unspecified atom stereocenters. The minimum Gasteiger partial charge on any atom is -0.484 e. The molecule has 0 aliphatic heterocycles. The van der Waals surface area contributed by atoms with Crippen LogP contribution in [0.3, 0.4) is 0 Å². The molecule has 1 amide bonds. The van der Waals surface area contributed by atoms with Gasteiger partial charge in [-0.3, -0.25) is 9.59 Å². The number of para-hydroxylation sites is 1. The summed E-state index contributed by atoms with van der Waals surface area (Å²) in [6, 6.07) is 26.8. The highest BCUT2D eigenvalue weighted by Crippen LogP contribution is 2.29. The van der Waals surface area contributed by atoms with Gasteiger partial charge in [-0.1, -0.05) is 40.2 Å². The lowest BCUT2D eigenvalue weighted by molar-refractivity contribution is -0.118. The Morgan fingerprint density at radius 1 is 1.02 bits per heavy atom. The molecule has 2 aromatic heterocycles. The van der Waals surface area contributed by atoms with Crippen molar-refractivity contribution in [2.24, 2.45) is 5.10 Å². The summed E-state index contributed by atoms with van der Waals surface area (Å²) in [7, 11) is 0. The number of hydrogen-bond acceptors (Lipinski definition) is 6. The molecule has 2 heterocycles. The van der Waals surface area contributed by atoms with Crippen molar-refractivity contribution in [3.8, 4) is 17.3 Å². The quantitative estimate of drug-likeness (QED) is 0.205. The zero-order chi connectivity index (χ0) is 28.3. The molecule has 10 heteroatoms. The second-order valence-corrected chi connectivity index (χ2v) is 9.94. The molecular formula is C31H20BrFN4O4. The fraction of sp³-hybridized carbons (Fsp3) is 0.0323. The van der Waals surface area contributed by atoms with Gasteiger partial charge in [0.25, 0.3) is 11.5 Å². The number of hydrogen-bond donors (Lipinski definition) is 1. The highest BCUT2D eigenvalue weighted by atomic mass is 79.9. The van der Waals surface area contributed by atoms with Crippen molar-refractivity contribution < 1.29 is 18.3 Å². The normalized spacial score (nSPS) is 11.4. The summed E-state index contributed by atoms with van der Waals surface area (Å²) in [4.78, 5) is 30.4. The van der Waals surface area contributed by atoms with Gasteiger partial charge in [-0.05, 0) is 78.4 Å². The van der Waals surface area contributed by atoms with Gasteiger partial charge in [0.15, 0.2) is 12.4 Å². The Balaban J connectivity index is 1.28. The van der Waals surface area contributed by atoms with Crippen molar-refractivity contribution in [2.75, 3.05) is 11.9 Å². The summed E-state index contributed by atoms with van der Waals surface area (Å²) >= 11 is 3.47. The summed E-state index contributed by atoms with van der Waals surface area (Å²) in [5.74, 6) is 0.282. The van der Waals surface area contributed by atoms with E-state index in [0.29, 0.717) is 39.2 Å². The molecule has 8 nitrogen and oxygen atoms in total. The number of benzene rings is 4. The smallest absolute Gasteiger partial charge is 0.282 e. The van der Waals surface area contributed by atoms with E-state index < -0.39 is 11.7 Å². The number of carbonyl (C=O) groups excluding carboxylic acids is 1. The van der Waals surface area contributed by atoms with Crippen LogP contribution >= 0.6 is 15.9 Å². The lowest BCUT2D eigenvalue weighted by Gasteiger charge is -2.09. The molecule has 0 aliphatic rings. The number of furan rings is 1. The molecule has 0 saturated heterocycles. The van der Waals surface area contributed by atoms with Gasteiger partial charge in [0.1, 0.15) is 17.1 Å². The van der Waals surface area contributed by atoms with Crippen LogP contribution in [0.25, 0.3) is 33.5 Å². The number of carbonyl (C=O) groups is 1. The summed E-state index contributed by atoms with van der Waals surface area (Å²) in [5.41, 5.74) is 1.90. The number of rotatable bonds is 7. The van der Waals surface area contributed by atoms with Crippen molar-refractivity contribution in [3.63, 3.8) is 0 Å². The highest BCUT2D eigenvalue weighted by molar-refractivity contribution is 9.10. The van der Waals surface area contributed by atoms with Crippen LogP contribution in [0.15, 0.2) is 116 Å². The zero-order valence-electron chi connectivity index (χ0n) is 21.3. The summed E-state index contributed by atoms with van der Waals surface area (Å²) in [5, 5.41) is 8.38. The van der Waals surface area contributed by atoms with Crippen LogP contribution in [-0.4, -0.2) is 28.4 Å². The van der Waals surface area contributed by atoms with E-state index in [2.05, 4.69) is 26.3 Å². The maximum Gasteiger partial charge on any atom is 0.282 e. The first-order chi connectivity index (χ1) is 19.9. The number of ether oxygens (including phenoxy) is 1. The number of halogens is 2. The summed E-state index contributed by atoms with van der Waals surface area (Å²) in [6.45, 7) is -0.252. The fourth-order valence-corrected chi connectivity index (χ4v) is 4.58. The standard InChI is InChI=1S/C31H20BrFN4O4/c32-21-8-13-27-20(15-21)16-28(41-27)30-36-26-7-2-1-6-25(26)31(39)37(30)34-17-19-4-3-5-24(14-19)40-18-29(38)35-23-11-9-22(33)10-12-23/h1-17H,18H2,(H,35,38). The van der Waals surface area contributed by atoms with E-state index in [-0.39, 0.29) is 18.0 Å². The maximum absolute atomic E-state index is 13.5. The van der Waals surface area contributed by atoms with Gasteiger partial charge in [0.2, 0.25) is 5.82 Å². The topological polar surface area (TPSA) is 98.7 Å². The van der Waals surface area contributed by atoms with E-state index in [1.54, 1.807) is 42.5 Å². The first kappa shape index (κ1) is 26.1. The van der Waals surface area contributed by atoms with E-state index >= 15 is 0 Å². The largest absolute Gasteiger partial charge is 0.484 e. The molecule has 6 rings (SSSR count). The van der Waals surface area contributed by atoms with Gasteiger partial charge in [-0.2, -0.15) is 9.78 Å². The zero-order valence-corrected chi connectivity index (χ0v) is 22.8. The van der Waals surface area contributed by atoms with E-state index in [1.807, 2.05) is 30.3 Å². The van der Waals surface area contributed by atoms with Gasteiger partial charge in [0, 0.05) is 15.5 Å². The molecule has 0 saturated carbocycles. The monoisotopic (exact) mass is 610 g/mol. The number of amides is 1. The maximum atomic E-state index is 13.5. The second kappa shape index (κ2) is 11.2. The van der Waals surface area contributed by atoms with Crippen LogP contribution in [0.4, 0.5) is 10.1 Å². The first-order valence-corrected chi connectivity index (χ1v) is 13.3. The molecule has 0 radical (unpaired) electrons. The molecule has 1 N–H and O–H groups in total. The SMILES string of the molecule is O=C(COc1cccc(C=Nn2c(-c3cc4cc(Br)ccc4o3)nc3ccccc3c2=O)c1)Nc1ccc(F)cc1. The van der Waals surface area contributed by atoms with Crippen LogP contribution < -0.4 is 15.6 Å². The highest BCUT2D eigenvalue weighted by Gasteiger charge is 2.16. The third-order valence-corrected chi connectivity index (χ3v) is 6.62. The van der Waals surface area contributed by atoms with Gasteiger partial charge < -0.3 is 14.5 Å². The number of fused-ring (bicyclic) bond motifs is 2. The Hall–Kier alpha value is -5.09. The molecule has 202 valence electrons. The first-order valence-electron chi connectivity index (χ1n) is 12.5. The third kappa shape index (κ3) is 5.78. The van der Waals surface area contributed by atoms with Crippen LogP contribution in [0, 0.1) is 5.82 Å². The van der Waals surface area contributed by atoms with Crippen LogP contribution in [-0.2, 0) is 4.79 Å². The molecule has 6 aromatic rings. The Labute approximate surface area is 240 Å². The Morgan fingerprint density at radius 2 is 1.85 bits per heavy atom. The Morgan fingerprint density at radius 3 is 2.71 bits per heavy atom. The van der Waals surface area contributed by atoms with Crippen molar-refractivity contribution in [1.82, 2.24) is 9.66 Å². The average Bonchev–Trinajstić information content (AvgIpc) is 3.40. The van der Waals surface area contributed by atoms with Gasteiger partial charge in [-0.25, -0.2) is 9.37 Å². The fourth-order valence-electron chi connectivity index (χ4n) is 4.20. The number of nitrogens with one attached hydrogen (secondary N) is 1. The predicted molar refractivity (Wildman–Crippen MR) is 159 cm³/mol. The molecule has 0 fully saturated rings. The number of anilines is 1.